The molecule has 0 saturated carbocycles. The lowest BCUT2D eigenvalue weighted by Crippen LogP contribution is -2.36. The van der Waals surface area contributed by atoms with Crippen LogP contribution >= 0.6 is 38.9 Å². The maximum Gasteiger partial charge on any atom is 0.427 e. The van der Waals surface area contributed by atoms with E-state index >= 15 is 0 Å². The first kappa shape index (κ1) is 22.5. The molecule has 0 unspecified atom stereocenters. The Morgan fingerprint density at radius 3 is 2.70 bits per heavy atom. The first-order valence-corrected chi connectivity index (χ1v) is 11.8. The lowest BCUT2D eigenvalue weighted by atomic mass is 10.1. The number of rotatable bonds is 6. The highest BCUT2D eigenvalue weighted by Gasteiger charge is 2.35. The van der Waals surface area contributed by atoms with Gasteiger partial charge in [0.15, 0.2) is 5.82 Å². The largest absolute Gasteiger partial charge is 0.464 e. The zero-order valence-electron chi connectivity index (χ0n) is 15.2. The lowest BCUT2D eigenvalue weighted by molar-refractivity contribution is 0.206. The second-order valence-corrected chi connectivity index (χ2v) is 9.88. The van der Waals surface area contributed by atoms with Crippen LogP contribution in [0.2, 0.25) is 5.02 Å². The molecule has 0 saturated heterocycles. The maximum atomic E-state index is 14.8. The smallest absolute Gasteiger partial charge is 0.427 e. The third kappa shape index (κ3) is 4.59. The van der Waals surface area contributed by atoms with Crippen LogP contribution in [0, 0.1) is 5.82 Å². The third-order valence-corrected chi connectivity index (χ3v) is 7.13. The second kappa shape index (κ2) is 8.88. The fourth-order valence-electron chi connectivity index (χ4n) is 2.66. The molecule has 30 heavy (non-hydrogen) atoms. The Morgan fingerprint density at radius 2 is 2.10 bits per heavy atom. The summed E-state index contributed by atoms with van der Waals surface area (Å²) in [5.74, 6) is -1.50. The number of halogens is 3. The van der Waals surface area contributed by atoms with Crippen LogP contribution in [0.15, 0.2) is 56.7 Å². The number of nitrogens with one attached hydrogen (secondary N) is 1. The molecule has 2 N–H and O–H groups in total. The van der Waals surface area contributed by atoms with E-state index in [9.17, 15) is 22.7 Å². The van der Waals surface area contributed by atoms with Gasteiger partial charge in [0.1, 0.15) is 10.7 Å². The van der Waals surface area contributed by atoms with Gasteiger partial charge < -0.3 is 10.4 Å². The summed E-state index contributed by atoms with van der Waals surface area (Å²) < 4.78 is 41.3. The van der Waals surface area contributed by atoms with Crippen molar-refractivity contribution in [1.29, 1.82) is 0 Å². The van der Waals surface area contributed by atoms with E-state index in [0.29, 0.717) is 0 Å². The van der Waals surface area contributed by atoms with Crippen LogP contribution < -0.4 is 9.62 Å². The molecule has 158 valence electrons. The highest BCUT2D eigenvalue weighted by Crippen LogP contribution is 2.33. The molecule has 1 heterocycles. The van der Waals surface area contributed by atoms with Gasteiger partial charge in [-0.1, -0.05) is 39.7 Å². The zero-order valence-corrected chi connectivity index (χ0v) is 19.2. The van der Waals surface area contributed by atoms with E-state index in [1.165, 1.54) is 10.9 Å². The molecule has 0 spiro atoms. The van der Waals surface area contributed by atoms with Gasteiger partial charge in [-0.05, 0) is 36.8 Å². The molecule has 7 nitrogen and oxygen atoms in total. The van der Waals surface area contributed by atoms with Crippen molar-refractivity contribution in [1.82, 2.24) is 4.98 Å². The minimum absolute atomic E-state index is 0.00939. The van der Waals surface area contributed by atoms with E-state index in [-0.39, 0.29) is 26.9 Å². The van der Waals surface area contributed by atoms with Crippen molar-refractivity contribution < 1.29 is 22.7 Å². The second-order valence-electron chi connectivity index (χ2n) is 6.08. The first-order chi connectivity index (χ1) is 14.1. The Bertz CT molecular complexity index is 1190. The molecule has 0 radical (unpaired) electrons. The molecule has 12 heteroatoms. The average Bonchev–Trinajstić information content (AvgIpc) is 3.17. The third-order valence-electron chi connectivity index (χ3n) is 4.06. The van der Waals surface area contributed by atoms with Crippen LogP contribution in [0.5, 0.6) is 0 Å². The number of anilines is 2. The van der Waals surface area contributed by atoms with Crippen molar-refractivity contribution in [3.63, 3.8) is 0 Å². The van der Waals surface area contributed by atoms with Gasteiger partial charge in [-0.15, -0.1) is 15.6 Å². The Morgan fingerprint density at radius 1 is 1.37 bits per heavy atom. The number of hydrogen-bond acceptors (Lipinski definition) is 6. The van der Waals surface area contributed by atoms with E-state index < -0.39 is 26.8 Å². The summed E-state index contributed by atoms with van der Waals surface area (Å²) in [7, 11) is -4.79. The van der Waals surface area contributed by atoms with Crippen molar-refractivity contribution in [2.75, 3.05) is 9.62 Å². The molecule has 0 aliphatic rings. The fourth-order valence-corrected chi connectivity index (χ4v) is 5.26. The first-order valence-electron chi connectivity index (χ1n) is 8.28. The van der Waals surface area contributed by atoms with Gasteiger partial charge in [0.2, 0.25) is 0 Å². The van der Waals surface area contributed by atoms with Gasteiger partial charge in [-0.25, -0.2) is 22.6 Å². The van der Waals surface area contributed by atoms with Gasteiger partial charge in [0.25, 0.3) is 10.0 Å². The number of benzene rings is 2. The molecule has 1 aromatic heterocycles. The molecule has 3 aromatic rings. The summed E-state index contributed by atoms with van der Waals surface area (Å²) >= 11 is 10.6. The highest BCUT2D eigenvalue weighted by molar-refractivity contribution is 9.10. The molecule has 2 aromatic carbocycles. The van der Waals surface area contributed by atoms with Crippen LogP contribution in [-0.2, 0) is 10.0 Å². The molecule has 1 amide bonds. The normalized spacial score (nSPS) is 12.4. The number of thiazole rings is 1. The lowest BCUT2D eigenvalue weighted by Gasteiger charge is -2.20. The minimum Gasteiger partial charge on any atom is -0.464 e. The zero-order chi connectivity index (χ0) is 22.1. The van der Waals surface area contributed by atoms with Crippen molar-refractivity contribution in [3.05, 3.63) is 68.2 Å². The number of sulfonamides is 1. The molecule has 3 rings (SSSR count). The number of carboxylic acid groups (broad SMARTS) is 1. The van der Waals surface area contributed by atoms with E-state index in [0.717, 1.165) is 33.5 Å². The van der Waals surface area contributed by atoms with E-state index in [4.69, 9.17) is 11.6 Å². The van der Waals surface area contributed by atoms with Crippen molar-refractivity contribution in [3.8, 4) is 0 Å². The summed E-state index contributed by atoms with van der Waals surface area (Å²) in [5, 5.41) is 13.5. The number of nitrogens with zero attached hydrogens (tertiary/aromatic N) is 2. The van der Waals surface area contributed by atoms with Crippen LogP contribution in [0.25, 0.3) is 0 Å². The fraction of sp³-hybridized carbons (Fsp3) is 0.111. The molecule has 0 aliphatic carbocycles. The summed E-state index contributed by atoms with van der Waals surface area (Å²) in [4.78, 5) is 14.4. The summed E-state index contributed by atoms with van der Waals surface area (Å²) in [6, 6.07) is 8.97. The topological polar surface area (TPSA) is 99.6 Å². The van der Waals surface area contributed by atoms with Gasteiger partial charge >= 0.3 is 6.09 Å². The van der Waals surface area contributed by atoms with E-state index in [2.05, 4.69) is 26.2 Å². The standard InChI is InChI=1S/C18H14BrClFN3O4S2/c1-10(11-3-2-4-12(19)5-11)23-15-7-14(21)16(6-13(15)20)30(27,28)24(18(25)26)17-8-29-9-22-17/h2-10,23H,1H3,(H,25,26)/t10-/m0/s1. The number of carbonyl (C=O) groups is 1. The minimum atomic E-state index is -4.79. The number of aromatic nitrogens is 1. The van der Waals surface area contributed by atoms with Gasteiger partial charge in [0.05, 0.1) is 16.2 Å². The molecule has 0 fully saturated rings. The van der Waals surface area contributed by atoms with Crippen molar-refractivity contribution in [2.45, 2.75) is 17.9 Å². The van der Waals surface area contributed by atoms with Crippen LogP contribution in [0.1, 0.15) is 18.5 Å². The van der Waals surface area contributed by atoms with Gasteiger partial charge in [0, 0.05) is 15.9 Å². The summed E-state index contributed by atoms with van der Waals surface area (Å²) in [5.41, 5.74) is 2.31. The maximum absolute atomic E-state index is 14.8. The monoisotopic (exact) mass is 533 g/mol. The highest BCUT2D eigenvalue weighted by atomic mass is 79.9. The Kier molecular flexibility index (Phi) is 6.65. The predicted molar refractivity (Wildman–Crippen MR) is 117 cm³/mol. The molecular weight excluding hydrogens is 521 g/mol. The van der Waals surface area contributed by atoms with Crippen LogP contribution in [-0.4, -0.2) is 24.6 Å². The van der Waals surface area contributed by atoms with E-state index in [1.807, 2.05) is 31.2 Å². The Balaban J connectivity index is 1.97. The Labute approximate surface area is 189 Å². The SMILES string of the molecule is C[C@H](Nc1cc(F)c(S(=O)(=O)N(C(=O)O)c2cscn2)cc1Cl)c1cccc(Br)c1. The molecule has 1 atom stereocenters. The average molecular weight is 535 g/mol. The van der Waals surface area contributed by atoms with Crippen LogP contribution in [0.4, 0.5) is 20.7 Å². The van der Waals surface area contributed by atoms with Crippen molar-refractivity contribution in [2.24, 2.45) is 0 Å². The molecule has 0 aliphatic heterocycles. The molecular formula is C18H14BrClFN3O4S2. The van der Waals surface area contributed by atoms with Gasteiger partial charge in [-0.3, -0.25) is 0 Å². The number of amides is 1. The molecule has 0 bridgehead atoms. The van der Waals surface area contributed by atoms with Gasteiger partial charge in [-0.2, -0.15) is 0 Å². The van der Waals surface area contributed by atoms with Crippen molar-refractivity contribution >= 4 is 66.5 Å². The Hall–Kier alpha value is -2.21. The number of hydrogen-bond donors (Lipinski definition) is 2. The summed E-state index contributed by atoms with van der Waals surface area (Å²) in [6.07, 6.45) is -1.82. The quantitative estimate of drug-likeness (QED) is 0.418. The predicted octanol–water partition coefficient (Wildman–Crippen LogP) is 5.74. The van der Waals surface area contributed by atoms with E-state index in [1.54, 1.807) is 0 Å². The summed E-state index contributed by atoms with van der Waals surface area (Å²) in [6.45, 7) is 1.83. The van der Waals surface area contributed by atoms with Crippen LogP contribution in [0.3, 0.4) is 0 Å².